The molecule has 0 atom stereocenters. The average Bonchev–Trinajstić information content (AvgIpc) is 2.77. The molecule has 0 saturated heterocycles. The Bertz CT molecular complexity index is 915. The van der Waals surface area contributed by atoms with Crippen LogP contribution in [0, 0.1) is 11.6 Å². The van der Waals surface area contributed by atoms with Gasteiger partial charge in [0.2, 0.25) is 5.82 Å². The van der Waals surface area contributed by atoms with E-state index in [4.69, 9.17) is 4.74 Å². The Morgan fingerprint density at radius 1 is 0.690 bits per heavy atom. The lowest BCUT2D eigenvalue weighted by Crippen LogP contribution is -2.03. The first-order valence-corrected chi connectivity index (χ1v) is 10.4. The van der Waals surface area contributed by atoms with Gasteiger partial charge in [0.1, 0.15) is 0 Å². The number of benzene rings is 3. The van der Waals surface area contributed by atoms with Gasteiger partial charge in [-0.1, -0.05) is 74.9 Å². The number of aryl methyl sites for hydroxylation is 3. The van der Waals surface area contributed by atoms with E-state index in [1.807, 2.05) is 6.92 Å². The van der Waals surface area contributed by atoms with Gasteiger partial charge in [-0.15, -0.1) is 0 Å². The molecule has 0 aliphatic rings. The van der Waals surface area contributed by atoms with Crippen LogP contribution in [-0.4, -0.2) is 6.61 Å². The number of hydrogen-bond donors (Lipinski definition) is 0. The molecular formula is C26H28F2O. The standard InChI is InChI=1S/C26H28F2O/c1-3-5-18-29-24-17-16-23(25(27)26(24)28)15-10-20-8-13-22(14-9-20)21-11-6-19(4-2)7-12-21/h6-9,11-14,16-17H,3-5,10,15,18H2,1-2H3. The van der Waals surface area contributed by atoms with Crippen LogP contribution >= 0.6 is 0 Å². The van der Waals surface area contributed by atoms with Crippen molar-refractivity contribution >= 4 is 0 Å². The van der Waals surface area contributed by atoms with Crippen LogP contribution in [0.3, 0.4) is 0 Å². The zero-order valence-electron chi connectivity index (χ0n) is 17.2. The molecule has 0 spiro atoms. The molecule has 0 saturated carbocycles. The van der Waals surface area contributed by atoms with Gasteiger partial charge in [-0.3, -0.25) is 0 Å². The summed E-state index contributed by atoms with van der Waals surface area (Å²) < 4.78 is 33.9. The molecule has 3 heteroatoms. The Balaban J connectivity index is 1.63. The summed E-state index contributed by atoms with van der Waals surface area (Å²) in [4.78, 5) is 0. The highest BCUT2D eigenvalue weighted by molar-refractivity contribution is 5.64. The number of halogens is 2. The fraction of sp³-hybridized carbons (Fsp3) is 0.308. The quantitative estimate of drug-likeness (QED) is 0.350. The summed E-state index contributed by atoms with van der Waals surface area (Å²) in [7, 11) is 0. The monoisotopic (exact) mass is 394 g/mol. The third-order valence-corrected chi connectivity index (χ3v) is 5.21. The minimum Gasteiger partial charge on any atom is -0.490 e. The Morgan fingerprint density at radius 3 is 1.90 bits per heavy atom. The molecule has 0 aliphatic carbocycles. The molecule has 3 aromatic carbocycles. The fourth-order valence-electron chi connectivity index (χ4n) is 3.28. The highest BCUT2D eigenvalue weighted by Gasteiger charge is 2.14. The third kappa shape index (κ3) is 5.44. The van der Waals surface area contributed by atoms with Crippen LogP contribution in [0.15, 0.2) is 60.7 Å². The van der Waals surface area contributed by atoms with Gasteiger partial charge in [0.05, 0.1) is 6.61 Å². The van der Waals surface area contributed by atoms with Crippen LogP contribution in [0.1, 0.15) is 43.4 Å². The van der Waals surface area contributed by atoms with E-state index < -0.39 is 11.6 Å². The van der Waals surface area contributed by atoms with Crippen LogP contribution in [-0.2, 0) is 19.3 Å². The van der Waals surface area contributed by atoms with Crippen LogP contribution in [0.4, 0.5) is 8.78 Å². The number of rotatable bonds is 9. The topological polar surface area (TPSA) is 9.23 Å². The zero-order chi connectivity index (χ0) is 20.6. The van der Waals surface area contributed by atoms with Gasteiger partial charge in [0.25, 0.3) is 0 Å². The zero-order valence-corrected chi connectivity index (χ0v) is 17.2. The molecule has 3 aromatic rings. The molecule has 3 rings (SSSR count). The summed E-state index contributed by atoms with van der Waals surface area (Å²) >= 11 is 0. The summed E-state index contributed by atoms with van der Waals surface area (Å²) in [6.45, 7) is 4.57. The summed E-state index contributed by atoms with van der Waals surface area (Å²) in [5.74, 6) is -1.69. The van der Waals surface area contributed by atoms with Crippen LogP contribution in [0.2, 0.25) is 0 Å². The van der Waals surface area contributed by atoms with Crippen molar-refractivity contribution in [2.24, 2.45) is 0 Å². The molecule has 0 heterocycles. The summed E-state index contributed by atoms with van der Waals surface area (Å²) in [6, 6.07) is 20.0. The lowest BCUT2D eigenvalue weighted by Gasteiger charge is -2.10. The van der Waals surface area contributed by atoms with Gasteiger partial charge in [0, 0.05) is 0 Å². The average molecular weight is 395 g/mol. The molecule has 0 radical (unpaired) electrons. The minimum atomic E-state index is -0.885. The Kier molecular flexibility index (Phi) is 7.40. The predicted octanol–water partition coefficient (Wildman–Crippen LogP) is 7.16. The van der Waals surface area contributed by atoms with Crippen molar-refractivity contribution in [3.8, 4) is 16.9 Å². The van der Waals surface area contributed by atoms with Crippen LogP contribution in [0.25, 0.3) is 11.1 Å². The molecular weight excluding hydrogens is 366 g/mol. The van der Waals surface area contributed by atoms with Crippen molar-refractivity contribution in [3.05, 3.63) is 89.0 Å². The van der Waals surface area contributed by atoms with Crippen molar-refractivity contribution in [2.45, 2.75) is 46.0 Å². The first-order chi connectivity index (χ1) is 14.1. The van der Waals surface area contributed by atoms with Gasteiger partial charge in [-0.05, 0) is 59.6 Å². The third-order valence-electron chi connectivity index (χ3n) is 5.21. The second kappa shape index (κ2) is 10.2. The van der Waals surface area contributed by atoms with Crippen molar-refractivity contribution in [1.29, 1.82) is 0 Å². The van der Waals surface area contributed by atoms with Crippen molar-refractivity contribution < 1.29 is 13.5 Å². The van der Waals surface area contributed by atoms with Crippen molar-refractivity contribution in [1.82, 2.24) is 0 Å². The van der Waals surface area contributed by atoms with E-state index in [0.29, 0.717) is 25.0 Å². The predicted molar refractivity (Wildman–Crippen MR) is 115 cm³/mol. The first-order valence-electron chi connectivity index (χ1n) is 10.4. The van der Waals surface area contributed by atoms with E-state index in [2.05, 4.69) is 55.5 Å². The van der Waals surface area contributed by atoms with Gasteiger partial charge < -0.3 is 4.74 Å². The van der Waals surface area contributed by atoms with E-state index in [0.717, 1.165) is 30.4 Å². The summed E-state index contributed by atoms with van der Waals surface area (Å²) in [5, 5.41) is 0. The Labute approximate surface area is 172 Å². The Morgan fingerprint density at radius 2 is 1.31 bits per heavy atom. The lowest BCUT2D eigenvalue weighted by molar-refractivity contribution is 0.288. The highest BCUT2D eigenvalue weighted by atomic mass is 19.2. The largest absolute Gasteiger partial charge is 0.490 e. The maximum atomic E-state index is 14.4. The second-order valence-electron chi connectivity index (χ2n) is 7.30. The minimum absolute atomic E-state index is 0.00172. The smallest absolute Gasteiger partial charge is 0.200 e. The molecule has 0 aliphatic heterocycles. The molecule has 152 valence electrons. The molecule has 0 aromatic heterocycles. The SMILES string of the molecule is CCCCOc1ccc(CCc2ccc(-c3ccc(CC)cc3)cc2)c(F)c1F. The summed E-state index contributed by atoms with van der Waals surface area (Å²) in [6.07, 6.45) is 3.90. The molecule has 29 heavy (non-hydrogen) atoms. The second-order valence-corrected chi connectivity index (χ2v) is 7.30. The maximum Gasteiger partial charge on any atom is 0.200 e. The fourth-order valence-corrected chi connectivity index (χ4v) is 3.28. The first kappa shape index (κ1) is 21.0. The van der Waals surface area contributed by atoms with E-state index in [-0.39, 0.29) is 5.75 Å². The molecule has 0 bridgehead atoms. The lowest BCUT2D eigenvalue weighted by atomic mass is 9.99. The van der Waals surface area contributed by atoms with E-state index in [1.165, 1.54) is 17.2 Å². The van der Waals surface area contributed by atoms with Crippen molar-refractivity contribution in [3.63, 3.8) is 0 Å². The van der Waals surface area contributed by atoms with Crippen molar-refractivity contribution in [2.75, 3.05) is 6.61 Å². The maximum absolute atomic E-state index is 14.4. The molecule has 0 fully saturated rings. The number of hydrogen-bond acceptors (Lipinski definition) is 1. The molecule has 0 unspecified atom stereocenters. The summed E-state index contributed by atoms with van der Waals surface area (Å²) in [5.41, 5.74) is 5.13. The van der Waals surface area contributed by atoms with E-state index >= 15 is 0 Å². The normalized spacial score (nSPS) is 10.9. The van der Waals surface area contributed by atoms with Gasteiger partial charge in [-0.25, -0.2) is 4.39 Å². The van der Waals surface area contributed by atoms with E-state index in [1.54, 1.807) is 6.07 Å². The van der Waals surface area contributed by atoms with Crippen LogP contribution < -0.4 is 4.74 Å². The van der Waals surface area contributed by atoms with Gasteiger partial charge in [0.15, 0.2) is 11.6 Å². The molecule has 1 nitrogen and oxygen atoms in total. The van der Waals surface area contributed by atoms with Crippen LogP contribution in [0.5, 0.6) is 5.75 Å². The van der Waals surface area contributed by atoms with Gasteiger partial charge >= 0.3 is 0 Å². The van der Waals surface area contributed by atoms with Gasteiger partial charge in [-0.2, -0.15) is 4.39 Å². The molecule has 0 amide bonds. The number of ether oxygens (including phenoxy) is 1. The Hall–Kier alpha value is -2.68. The molecule has 0 N–H and O–H groups in total. The number of unbranched alkanes of at least 4 members (excludes halogenated alkanes) is 1. The highest BCUT2D eigenvalue weighted by Crippen LogP contribution is 2.25. The van der Waals surface area contributed by atoms with E-state index in [9.17, 15) is 8.78 Å².